The first kappa shape index (κ1) is 15.2. The molecule has 0 aromatic carbocycles. The topological polar surface area (TPSA) is 70.1 Å². The van der Waals surface area contributed by atoms with Crippen LogP contribution in [0.5, 0.6) is 0 Å². The van der Waals surface area contributed by atoms with Crippen molar-refractivity contribution in [3.05, 3.63) is 11.9 Å². The summed E-state index contributed by atoms with van der Waals surface area (Å²) in [5, 5.41) is 6.23. The van der Waals surface area contributed by atoms with Crippen LogP contribution in [0.4, 0.5) is 11.6 Å². The molecular formula is C13H23N5O. The van der Waals surface area contributed by atoms with Gasteiger partial charge in [-0.25, -0.2) is 9.97 Å². The van der Waals surface area contributed by atoms with Crippen LogP contribution in [0.1, 0.15) is 25.8 Å². The Bertz CT molecular complexity index is 433. The number of amides is 1. The van der Waals surface area contributed by atoms with Gasteiger partial charge in [-0.2, -0.15) is 0 Å². The van der Waals surface area contributed by atoms with Crippen LogP contribution in [0.3, 0.4) is 0 Å². The van der Waals surface area contributed by atoms with E-state index in [4.69, 9.17) is 0 Å². The van der Waals surface area contributed by atoms with E-state index in [9.17, 15) is 4.79 Å². The van der Waals surface area contributed by atoms with Gasteiger partial charge in [0, 0.05) is 26.7 Å². The number of rotatable bonds is 6. The fourth-order valence-corrected chi connectivity index (χ4v) is 1.89. The molecule has 1 unspecified atom stereocenters. The van der Waals surface area contributed by atoms with Crippen molar-refractivity contribution in [2.45, 2.75) is 32.7 Å². The molecule has 0 fully saturated rings. The monoisotopic (exact) mass is 265 g/mol. The van der Waals surface area contributed by atoms with E-state index in [1.807, 2.05) is 14.0 Å². The number of carbonyl (C=O) groups excluding carboxylic acids is 1. The van der Waals surface area contributed by atoms with Crippen molar-refractivity contribution in [2.75, 3.05) is 31.8 Å². The van der Waals surface area contributed by atoms with E-state index in [0.29, 0.717) is 0 Å². The van der Waals surface area contributed by atoms with Crippen molar-refractivity contribution in [3.8, 4) is 0 Å². The van der Waals surface area contributed by atoms with Crippen LogP contribution >= 0.6 is 0 Å². The van der Waals surface area contributed by atoms with E-state index in [-0.39, 0.29) is 11.9 Å². The van der Waals surface area contributed by atoms with Crippen LogP contribution in [-0.4, -0.2) is 48.0 Å². The second-order valence-electron chi connectivity index (χ2n) is 4.65. The van der Waals surface area contributed by atoms with E-state index < -0.39 is 0 Å². The van der Waals surface area contributed by atoms with Crippen molar-refractivity contribution >= 4 is 17.5 Å². The molecule has 0 bridgehead atoms. The Kier molecular flexibility index (Phi) is 5.54. The average Bonchev–Trinajstić information content (AvgIpc) is 2.39. The second-order valence-corrected chi connectivity index (χ2v) is 4.65. The third-order valence-corrected chi connectivity index (χ3v) is 2.85. The van der Waals surface area contributed by atoms with Crippen LogP contribution in [-0.2, 0) is 11.2 Å². The number of carbonyl (C=O) groups is 1. The zero-order valence-electron chi connectivity index (χ0n) is 12.3. The third kappa shape index (κ3) is 3.81. The summed E-state index contributed by atoms with van der Waals surface area (Å²) in [5.41, 5.74) is 1.02. The lowest BCUT2D eigenvalue weighted by Gasteiger charge is -2.20. The molecule has 0 aliphatic heterocycles. The van der Waals surface area contributed by atoms with Crippen LogP contribution in [0.25, 0.3) is 0 Å². The van der Waals surface area contributed by atoms with Gasteiger partial charge in [-0.1, -0.05) is 13.3 Å². The van der Waals surface area contributed by atoms with E-state index in [0.717, 1.165) is 30.0 Å². The molecule has 106 valence electrons. The fraction of sp³-hybridized carbons (Fsp3) is 0.615. The van der Waals surface area contributed by atoms with Crippen molar-refractivity contribution in [3.63, 3.8) is 0 Å². The van der Waals surface area contributed by atoms with Gasteiger partial charge in [0.05, 0.1) is 0 Å². The van der Waals surface area contributed by atoms with Crippen LogP contribution < -0.4 is 10.6 Å². The first-order valence-corrected chi connectivity index (χ1v) is 6.50. The maximum Gasteiger partial charge on any atom is 0.244 e. The predicted octanol–water partition coefficient (Wildman–Crippen LogP) is 1.36. The van der Waals surface area contributed by atoms with Gasteiger partial charge >= 0.3 is 0 Å². The molecule has 1 atom stereocenters. The molecule has 1 aromatic heterocycles. The van der Waals surface area contributed by atoms with Gasteiger partial charge in [0.15, 0.2) is 0 Å². The lowest BCUT2D eigenvalue weighted by Crippen LogP contribution is -2.37. The van der Waals surface area contributed by atoms with Crippen molar-refractivity contribution in [1.82, 2.24) is 14.9 Å². The van der Waals surface area contributed by atoms with Crippen LogP contribution in [0.2, 0.25) is 0 Å². The SMILES string of the molecule is CCCc1c(NC)ncnc1NC(C)C(=O)N(C)C. The Balaban J connectivity index is 2.97. The molecule has 19 heavy (non-hydrogen) atoms. The lowest BCUT2D eigenvalue weighted by molar-refractivity contribution is -0.129. The molecule has 1 rings (SSSR count). The summed E-state index contributed by atoms with van der Waals surface area (Å²) < 4.78 is 0. The molecule has 1 aromatic rings. The molecule has 1 amide bonds. The molecule has 6 nitrogen and oxygen atoms in total. The maximum absolute atomic E-state index is 11.9. The molecule has 0 saturated carbocycles. The molecule has 0 spiro atoms. The smallest absolute Gasteiger partial charge is 0.244 e. The summed E-state index contributed by atoms with van der Waals surface area (Å²) in [4.78, 5) is 21.9. The van der Waals surface area contributed by atoms with Crippen molar-refractivity contribution in [1.29, 1.82) is 0 Å². The van der Waals surface area contributed by atoms with Crippen molar-refractivity contribution in [2.24, 2.45) is 0 Å². The van der Waals surface area contributed by atoms with Gasteiger partial charge in [-0.3, -0.25) is 4.79 Å². The van der Waals surface area contributed by atoms with Gasteiger partial charge in [0.1, 0.15) is 24.0 Å². The highest BCUT2D eigenvalue weighted by Crippen LogP contribution is 2.21. The van der Waals surface area contributed by atoms with Gasteiger partial charge in [-0.15, -0.1) is 0 Å². The summed E-state index contributed by atoms with van der Waals surface area (Å²) in [6.45, 7) is 3.93. The highest BCUT2D eigenvalue weighted by atomic mass is 16.2. The fourth-order valence-electron chi connectivity index (χ4n) is 1.89. The standard InChI is InChI=1S/C13H23N5O/c1-6-7-10-11(14-3)15-8-16-12(10)17-9(2)13(19)18(4)5/h8-9H,6-7H2,1-5H3,(H2,14,15,16,17). The van der Waals surface area contributed by atoms with E-state index >= 15 is 0 Å². The Labute approximate surface area is 114 Å². The first-order valence-electron chi connectivity index (χ1n) is 6.50. The van der Waals surface area contributed by atoms with Gasteiger partial charge in [0.25, 0.3) is 0 Å². The normalized spacial score (nSPS) is 11.8. The largest absolute Gasteiger partial charge is 0.373 e. The van der Waals surface area contributed by atoms with E-state index in [1.165, 1.54) is 6.33 Å². The highest BCUT2D eigenvalue weighted by Gasteiger charge is 2.18. The first-order chi connectivity index (χ1) is 9.01. The number of hydrogen-bond donors (Lipinski definition) is 2. The summed E-state index contributed by atoms with van der Waals surface area (Å²) >= 11 is 0. The quantitative estimate of drug-likeness (QED) is 0.812. The summed E-state index contributed by atoms with van der Waals surface area (Å²) in [5.74, 6) is 1.56. The molecule has 2 N–H and O–H groups in total. The Morgan fingerprint density at radius 1 is 1.37 bits per heavy atom. The molecular weight excluding hydrogens is 242 g/mol. The lowest BCUT2D eigenvalue weighted by atomic mass is 10.1. The number of nitrogens with zero attached hydrogens (tertiary/aromatic N) is 3. The zero-order chi connectivity index (χ0) is 14.4. The van der Waals surface area contributed by atoms with Crippen molar-refractivity contribution < 1.29 is 4.79 Å². The molecule has 1 heterocycles. The van der Waals surface area contributed by atoms with Gasteiger partial charge < -0.3 is 15.5 Å². The molecule has 0 aliphatic carbocycles. The minimum absolute atomic E-state index is 0.0204. The van der Waals surface area contributed by atoms with Gasteiger partial charge in [0.2, 0.25) is 5.91 Å². The number of likely N-dealkylation sites (N-methyl/N-ethyl adjacent to an activating group) is 1. The zero-order valence-corrected chi connectivity index (χ0v) is 12.3. The van der Waals surface area contributed by atoms with E-state index in [2.05, 4.69) is 27.5 Å². The molecule has 0 saturated heterocycles. The average molecular weight is 265 g/mol. The number of nitrogens with one attached hydrogen (secondary N) is 2. The molecule has 0 radical (unpaired) electrons. The minimum atomic E-state index is -0.315. The highest BCUT2D eigenvalue weighted by molar-refractivity contribution is 5.84. The number of hydrogen-bond acceptors (Lipinski definition) is 5. The summed E-state index contributed by atoms with van der Waals surface area (Å²) in [6.07, 6.45) is 3.36. The molecule has 6 heteroatoms. The maximum atomic E-state index is 11.9. The second kappa shape index (κ2) is 6.92. The van der Waals surface area contributed by atoms with Crippen LogP contribution in [0, 0.1) is 0 Å². The minimum Gasteiger partial charge on any atom is -0.373 e. The third-order valence-electron chi connectivity index (χ3n) is 2.85. The Morgan fingerprint density at radius 2 is 2.00 bits per heavy atom. The Morgan fingerprint density at radius 3 is 2.53 bits per heavy atom. The number of aromatic nitrogens is 2. The summed E-state index contributed by atoms with van der Waals surface area (Å²) in [7, 11) is 5.32. The molecule has 0 aliphatic rings. The summed E-state index contributed by atoms with van der Waals surface area (Å²) in [6, 6.07) is -0.315. The predicted molar refractivity (Wildman–Crippen MR) is 77.4 cm³/mol. The number of anilines is 2. The Hall–Kier alpha value is -1.85. The van der Waals surface area contributed by atoms with Crippen LogP contribution in [0.15, 0.2) is 6.33 Å². The van der Waals surface area contributed by atoms with Gasteiger partial charge in [-0.05, 0) is 13.3 Å². The van der Waals surface area contributed by atoms with E-state index in [1.54, 1.807) is 19.0 Å².